The van der Waals surface area contributed by atoms with Crippen LogP contribution in [-0.4, -0.2) is 22.7 Å². The number of benzene rings is 2. The monoisotopic (exact) mass is 349 g/mol. The Kier molecular flexibility index (Phi) is 3.38. The zero-order valence-electron chi connectivity index (χ0n) is 14.4. The van der Waals surface area contributed by atoms with E-state index < -0.39 is 0 Å². The van der Waals surface area contributed by atoms with Crippen molar-refractivity contribution in [3.05, 3.63) is 53.9 Å². The van der Waals surface area contributed by atoms with Crippen LogP contribution in [0.3, 0.4) is 0 Å². The number of hydrogen-bond acceptors (Lipinski definition) is 4. The molecule has 6 heteroatoms. The van der Waals surface area contributed by atoms with Crippen molar-refractivity contribution in [2.75, 3.05) is 6.79 Å². The van der Waals surface area contributed by atoms with E-state index in [4.69, 9.17) is 9.47 Å². The lowest BCUT2D eigenvalue weighted by Crippen LogP contribution is -2.28. The Bertz CT molecular complexity index is 964. The minimum Gasteiger partial charge on any atom is -0.454 e. The van der Waals surface area contributed by atoms with Gasteiger partial charge in [-0.1, -0.05) is 18.2 Å². The van der Waals surface area contributed by atoms with Crippen LogP contribution in [0.2, 0.25) is 0 Å². The molecule has 1 amide bonds. The summed E-state index contributed by atoms with van der Waals surface area (Å²) in [5, 5.41) is 3.11. The molecular weight excluding hydrogens is 330 g/mol. The van der Waals surface area contributed by atoms with E-state index in [1.165, 1.54) is 0 Å². The summed E-state index contributed by atoms with van der Waals surface area (Å²) in [6.07, 6.45) is 0.833. The van der Waals surface area contributed by atoms with Gasteiger partial charge in [0.15, 0.2) is 11.5 Å². The first-order valence-electron chi connectivity index (χ1n) is 8.83. The number of imidazole rings is 1. The van der Waals surface area contributed by atoms with Gasteiger partial charge in [-0.3, -0.25) is 4.79 Å². The molecule has 2 aliphatic rings. The smallest absolute Gasteiger partial charge is 0.231 e. The summed E-state index contributed by atoms with van der Waals surface area (Å²) >= 11 is 0. The molecule has 132 valence electrons. The van der Waals surface area contributed by atoms with E-state index in [9.17, 15) is 4.79 Å². The zero-order chi connectivity index (χ0) is 17.7. The normalized spacial score (nSPS) is 21.6. The maximum atomic E-state index is 12.6. The van der Waals surface area contributed by atoms with E-state index in [1.807, 2.05) is 49.4 Å². The van der Waals surface area contributed by atoms with Crippen LogP contribution in [0.5, 0.6) is 11.5 Å². The third-order valence-corrected chi connectivity index (χ3v) is 5.14. The first kappa shape index (κ1) is 15.3. The highest BCUT2D eigenvalue weighted by Gasteiger charge is 2.46. The van der Waals surface area contributed by atoms with Gasteiger partial charge < -0.3 is 19.8 Å². The number of aromatic nitrogens is 2. The van der Waals surface area contributed by atoms with Crippen LogP contribution in [0.15, 0.2) is 42.5 Å². The van der Waals surface area contributed by atoms with E-state index in [-0.39, 0.29) is 30.6 Å². The quantitative estimate of drug-likeness (QED) is 0.758. The maximum absolute atomic E-state index is 12.6. The Hall–Kier alpha value is -3.02. The van der Waals surface area contributed by atoms with Gasteiger partial charge in [-0.25, -0.2) is 4.98 Å². The summed E-state index contributed by atoms with van der Waals surface area (Å²) < 4.78 is 10.7. The number of ether oxygens (including phenoxy) is 2. The highest BCUT2D eigenvalue weighted by Crippen LogP contribution is 2.47. The summed E-state index contributed by atoms with van der Waals surface area (Å²) in [5.74, 6) is 2.61. The minimum absolute atomic E-state index is 0.0213. The van der Waals surface area contributed by atoms with Gasteiger partial charge in [-0.15, -0.1) is 0 Å². The molecule has 1 unspecified atom stereocenters. The molecule has 6 nitrogen and oxygen atoms in total. The van der Waals surface area contributed by atoms with Gasteiger partial charge >= 0.3 is 0 Å². The lowest BCUT2D eigenvalue weighted by molar-refractivity contribution is -0.123. The zero-order valence-corrected chi connectivity index (χ0v) is 14.4. The fraction of sp³-hybridized carbons (Fsp3) is 0.300. The number of H-pyrrole nitrogens is 1. The predicted octanol–water partition coefficient (Wildman–Crippen LogP) is 3.27. The molecule has 1 aromatic heterocycles. The Labute approximate surface area is 150 Å². The number of fused-ring (bicyclic) bond motifs is 2. The molecule has 2 aromatic carbocycles. The molecular formula is C20H19N3O3. The van der Waals surface area contributed by atoms with Crippen molar-refractivity contribution in [1.29, 1.82) is 0 Å². The van der Waals surface area contributed by atoms with E-state index in [2.05, 4.69) is 15.3 Å². The van der Waals surface area contributed by atoms with Crippen LogP contribution in [0.4, 0.5) is 0 Å². The number of nitrogens with one attached hydrogen (secondary N) is 2. The Balaban J connectivity index is 1.26. The molecule has 26 heavy (non-hydrogen) atoms. The van der Waals surface area contributed by atoms with Crippen LogP contribution in [0.1, 0.15) is 36.7 Å². The summed E-state index contributed by atoms with van der Waals surface area (Å²) in [7, 11) is 0. The highest BCUT2D eigenvalue weighted by molar-refractivity contribution is 5.83. The number of aromatic amines is 1. The van der Waals surface area contributed by atoms with Crippen LogP contribution in [0, 0.1) is 5.92 Å². The second-order valence-electron chi connectivity index (χ2n) is 6.93. The number of para-hydroxylation sites is 2. The number of rotatable bonds is 4. The summed E-state index contributed by atoms with van der Waals surface area (Å²) in [5.41, 5.74) is 2.97. The van der Waals surface area contributed by atoms with Crippen molar-refractivity contribution in [3.63, 3.8) is 0 Å². The largest absolute Gasteiger partial charge is 0.454 e. The van der Waals surface area contributed by atoms with E-state index in [0.717, 1.165) is 40.3 Å². The summed E-state index contributed by atoms with van der Waals surface area (Å²) in [4.78, 5) is 20.6. The average Bonchev–Trinajstić information content (AvgIpc) is 3.12. The predicted molar refractivity (Wildman–Crippen MR) is 96.1 cm³/mol. The van der Waals surface area contributed by atoms with Gasteiger partial charge in [0.2, 0.25) is 12.7 Å². The molecule has 0 bridgehead atoms. The number of nitrogens with zero attached hydrogens (tertiary/aromatic N) is 1. The summed E-state index contributed by atoms with van der Waals surface area (Å²) in [6, 6.07) is 13.6. The van der Waals surface area contributed by atoms with Gasteiger partial charge in [0.1, 0.15) is 5.82 Å². The van der Waals surface area contributed by atoms with Crippen molar-refractivity contribution < 1.29 is 14.3 Å². The molecule has 0 radical (unpaired) electrons. The fourth-order valence-corrected chi connectivity index (χ4v) is 3.52. The molecule has 1 saturated carbocycles. The molecule has 0 saturated heterocycles. The molecule has 1 aliphatic carbocycles. The number of carbonyl (C=O) groups is 1. The second kappa shape index (κ2) is 5.76. The third-order valence-electron chi connectivity index (χ3n) is 5.14. The molecule has 3 atom stereocenters. The van der Waals surface area contributed by atoms with Crippen LogP contribution in [-0.2, 0) is 4.79 Å². The first-order chi connectivity index (χ1) is 12.7. The van der Waals surface area contributed by atoms with E-state index >= 15 is 0 Å². The highest BCUT2D eigenvalue weighted by atomic mass is 16.7. The molecule has 3 aromatic rings. The van der Waals surface area contributed by atoms with Gasteiger partial charge in [-0.05, 0) is 43.2 Å². The standard InChI is InChI=1S/C20H19N3O3/c1-11(12-6-7-17-18(8-12)26-10-25-17)21-20(24)14-9-13(14)19-22-15-4-2-3-5-16(15)23-19/h2-8,11,13-14H,9-10H2,1H3,(H,21,24)(H,22,23)/t11?,13-,14-/m0/s1. The van der Waals surface area contributed by atoms with Crippen LogP contribution in [0.25, 0.3) is 11.0 Å². The van der Waals surface area contributed by atoms with Crippen LogP contribution >= 0.6 is 0 Å². The van der Waals surface area contributed by atoms with Crippen molar-refractivity contribution in [2.45, 2.75) is 25.3 Å². The summed E-state index contributed by atoms with van der Waals surface area (Å²) in [6.45, 7) is 2.23. The molecule has 1 aliphatic heterocycles. The minimum atomic E-state index is -0.0890. The lowest BCUT2D eigenvalue weighted by atomic mass is 10.1. The van der Waals surface area contributed by atoms with Gasteiger partial charge in [0, 0.05) is 11.8 Å². The van der Waals surface area contributed by atoms with E-state index in [0.29, 0.717) is 0 Å². The Morgan fingerprint density at radius 1 is 1.23 bits per heavy atom. The molecule has 1 fully saturated rings. The first-order valence-corrected chi connectivity index (χ1v) is 8.83. The molecule has 5 rings (SSSR count). The van der Waals surface area contributed by atoms with Crippen molar-refractivity contribution in [2.24, 2.45) is 5.92 Å². The van der Waals surface area contributed by atoms with Gasteiger partial charge in [0.25, 0.3) is 0 Å². The van der Waals surface area contributed by atoms with Crippen molar-refractivity contribution in [3.8, 4) is 11.5 Å². The average molecular weight is 349 g/mol. The SMILES string of the molecule is CC(NC(=O)[C@H]1C[C@@H]1c1nc2ccccc2[nH]1)c1ccc2c(c1)OCO2. The molecule has 0 spiro atoms. The van der Waals surface area contributed by atoms with Crippen molar-refractivity contribution in [1.82, 2.24) is 15.3 Å². The Morgan fingerprint density at radius 2 is 2.08 bits per heavy atom. The van der Waals surface area contributed by atoms with Gasteiger partial charge in [0.05, 0.1) is 17.1 Å². The lowest BCUT2D eigenvalue weighted by Gasteiger charge is -2.14. The maximum Gasteiger partial charge on any atom is 0.231 e. The number of hydrogen-bond donors (Lipinski definition) is 2. The van der Waals surface area contributed by atoms with E-state index in [1.54, 1.807) is 0 Å². The molecule has 2 heterocycles. The number of amides is 1. The third kappa shape index (κ3) is 2.58. The second-order valence-corrected chi connectivity index (χ2v) is 6.93. The van der Waals surface area contributed by atoms with Crippen LogP contribution < -0.4 is 14.8 Å². The Morgan fingerprint density at radius 3 is 2.96 bits per heavy atom. The van der Waals surface area contributed by atoms with Crippen molar-refractivity contribution >= 4 is 16.9 Å². The van der Waals surface area contributed by atoms with Gasteiger partial charge in [-0.2, -0.15) is 0 Å². The fourth-order valence-electron chi connectivity index (χ4n) is 3.52. The topological polar surface area (TPSA) is 76.2 Å². The molecule has 2 N–H and O–H groups in total. The number of carbonyl (C=O) groups excluding carboxylic acids is 1.